The van der Waals surface area contributed by atoms with Gasteiger partial charge in [-0.1, -0.05) is 11.6 Å². The maximum Gasteiger partial charge on any atom is 0.326 e. The second kappa shape index (κ2) is 3.48. The van der Waals surface area contributed by atoms with Gasteiger partial charge in [0.1, 0.15) is 17.9 Å². The molecule has 2 rings (SSSR count). The molecule has 0 aromatic carbocycles. The van der Waals surface area contributed by atoms with Crippen molar-refractivity contribution in [2.75, 3.05) is 0 Å². The van der Waals surface area contributed by atoms with E-state index in [1.165, 1.54) is 10.8 Å². The van der Waals surface area contributed by atoms with Crippen LogP contribution < -0.4 is 5.73 Å². The molecule has 6 nitrogen and oxygen atoms in total. The highest BCUT2D eigenvalue weighted by Crippen LogP contribution is 2.19. The summed E-state index contributed by atoms with van der Waals surface area (Å²) in [6.07, 6.45) is 1.24. The number of nitrogens with two attached hydrogens (primary N) is 1. The molecule has 2 aromatic rings. The van der Waals surface area contributed by atoms with Gasteiger partial charge in [0, 0.05) is 0 Å². The molecule has 15 heavy (non-hydrogen) atoms. The molecular formula is C8H7ClN4O2. The Morgan fingerprint density at radius 2 is 2.33 bits per heavy atom. The number of aromatic nitrogens is 3. The van der Waals surface area contributed by atoms with Gasteiger partial charge in [-0.3, -0.25) is 4.79 Å². The highest BCUT2D eigenvalue weighted by Gasteiger charge is 2.19. The smallest absolute Gasteiger partial charge is 0.326 e. The van der Waals surface area contributed by atoms with Crippen molar-refractivity contribution in [3.63, 3.8) is 0 Å². The Labute approximate surface area is 89.3 Å². The summed E-state index contributed by atoms with van der Waals surface area (Å²) in [6, 6.07) is 2.06. The third kappa shape index (κ3) is 1.53. The first kappa shape index (κ1) is 9.88. The fourth-order valence-corrected chi connectivity index (χ4v) is 1.47. The summed E-state index contributed by atoms with van der Waals surface area (Å²) in [7, 11) is 0. The van der Waals surface area contributed by atoms with Crippen molar-refractivity contribution in [2.45, 2.75) is 6.04 Å². The molecule has 0 amide bonds. The molecule has 2 heterocycles. The molecule has 1 unspecified atom stereocenters. The standard InChI is InChI=1S/C8H7ClN4O2/c9-7-5-2-1-4(6(10)8(14)15)13(5)12-3-11-7/h1-3,6H,10H2,(H,14,15). The van der Waals surface area contributed by atoms with Crippen molar-refractivity contribution in [1.29, 1.82) is 0 Å². The first-order valence-corrected chi connectivity index (χ1v) is 4.45. The Bertz CT molecular complexity index is 524. The van der Waals surface area contributed by atoms with Gasteiger partial charge in [-0.15, -0.1) is 0 Å². The fraction of sp³-hybridized carbons (Fsp3) is 0.125. The normalized spacial score (nSPS) is 12.9. The molecule has 0 bridgehead atoms. The van der Waals surface area contributed by atoms with E-state index in [9.17, 15) is 4.79 Å². The summed E-state index contributed by atoms with van der Waals surface area (Å²) in [5.74, 6) is -1.12. The molecule has 0 saturated carbocycles. The van der Waals surface area contributed by atoms with Crippen LogP contribution in [0.2, 0.25) is 5.15 Å². The summed E-state index contributed by atoms with van der Waals surface area (Å²) in [5.41, 5.74) is 6.37. The van der Waals surface area contributed by atoms with Crippen LogP contribution >= 0.6 is 11.6 Å². The molecule has 0 aliphatic carbocycles. The molecular weight excluding hydrogens is 220 g/mol. The van der Waals surface area contributed by atoms with E-state index >= 15 is 0 Å². The van der Waals surface area contributed by atoms with Gasteiger partial charge >= 0.3 is 5.97 Å². The molecule has 7 heteroatoms. The van der Waals surface area contributed by atoms with Crippen LogP contribution in [0.3, 0.4) is 0 Å². The summed E-state index contributed by atoms with van der Waals surface area (Å²) in [5, 5.41) is 12.9. The lowest BCUT2D eigenvalue weighted by Crippen LogP contribution is -2.22. The summed E-state index contributed by atoms with van der Waals surface area (Å²) in [6.45, 7) is 0. The number of nitrogens with zero attached hydrogens (tertiary/aromatic N) is 3. The van der Waals surface area contributed by atoms with Crippen LogP contribution in [0.1, 0.15) is 11.7 Å². The minimum atomic E-state index is -1.13. The highest BCUT2D eigenvalue weighted by molar-refractivity contribution is 6.32. The average Bonchev–Trinajstić information content (AvgIpc) is 2.61. The van der Waals surface area contributed by atoms with E-state index < -0.39 is 12.0 Å². The van der Waals surface area contributed by atoms with Crippen molar-refractivity contribution in [1.82, 2.24) is 14.6 Å². The van der Waals surface area contributed by atoms with Gasteiger partial charge in [0.25, 0.3) is 0 Å². The Balaban J connectivity index is 2.64. The van der Waals surface area contributed by atoms with Crippen molar-refractivity contribution >= 4 is 23.1 Å². The fourth-order valence-electron chi connectivity index (χ4n) is 1.29. The molecule has 1 atom stereocenters. The molecule has 78 valence electrons. The van der Waals surface area contributed by atoms with Crippen LogP contribution in [0.4, 0.5) is 0 Å². The number of hydrogen-bond acceptors (Lipinski definition) is 4. The molecule has 0 spiro atoms. The van der Waals surface area contributed by atoms with E-state index in [4.69, 9.17) is 22.4 Å². The van der Waals surface area contributed by atoms with E-state index in [-0.39, 0.29) is 5.15 Å². The third-order valence-electron chi connectivity index (χ3n) is 2.02. The lowest BCUT2D eigenvalue weighted by Gasteiger charge is -2.05. The first-order valence-electron chi connectivity index (χ1n) is 4.08. The third-order valence-corrected chi connectivity index (χ3v) is 2.31. The van der Waals surface area contributed by atoms with Crippen LogP contribution in [0.5, 0.6) is 0 Å². The van der Waals surface area contributed by atoms with Crippen LogP contribution in [-0.4, -0.2) is 25.7 Å². The average molecular weight is 227 g/mol. The monoisotopic (exact) mass is 226 g/mol. The SMILES string of the molecule is NC(C(=O)O)c1ccc2c(Cl)ncnn12. The molecule has 2 aromatic heterocycles. The Hall–Kier alpha value is -1.66. The van der Waals surface area contributed by atoms with E-state index in [1.807, 2.05) is 0 Å². The zero-order chi connectivity index (χ0) is 11.0. The van der Waals surface area contributed by atoms with E-state index in [0.29, 0.717) is 11.2 Å². The summed E-state index contributed by atoms with van der Waals surface area (Å²) >= 11 is 5.79. The quantitative estimate of drug-likeness (QED) is 0.776. The number of carboxylic acids is 1. The number of rotatable bonds is 2. The maximum absolute atomic E-state index is 10.7. The number of carbonyl (C=O) groups is 1. The molecule has 0 fully saturated rings. The van der Waals surface area contributed by atoms with Crippen LogP contribution in [0.25, 0.3) is 5.52 Å². The van der Waals surface area contributed by atoms with Crippen molar-refractivity contribution in [3.8, 4) is 0 Å². The zero-order valence-electron chi connectivity index (χ0n) is 7.46. The second-order valence-corrected chi connectivity index (χ2v) is 3.28. The molecule has 0 saturated heterocycles. The van der Waals surface area contributed by atoms with E-state index in [2.05, 4.69) is 10.1 Å². The molecule has 0 radical (unpaired) electrons. The molecule has 3 N–H and O–H groups in total. The van der Waals surface area contributed by atoms with Crippen LogP contribution in [0.15, 0.2) is 18.5 Å². The highest BCUT2D eigenvalue weighted by atomic mass is 35.5. The molecule has 0 aliphatic heterocycles. The summed E-state index contributed by atoms with van der Waals surface area (Å²) in [4.78, 5) is 14.5. The largest absolute Gasteiger partial charge is 0.480 e. The number of halogens is 1. The lowest BCUT2D eigenvalue weighted by atomic mass is 10.2. The van der Waals surface area contributed by atoms with Crippen molar-refractivity contribution in [3.05, 3.63) is 29.3 Å². The number of hydrogen-bond donors (Lipinski definition) is 2. The number of fused-ring (bicyclic) bond motifs is 1. The Kier molecular flexibility index (Phi) is 2.29. The topological polar surface area (TPSA) is 93.5 Å². The maximum atomic E-state index is 10.7. The van der Waals surface area contributed by atoms with Crippen molar-refractivity contribution in [2.24, 2.45) is 5.73 Å². The predicted octanol–water partition coefficient (Wildman–Crippen LogP) is 0.467. The summed E-state index contributed by atoms with van der Waals surface area (Å²) < 4.78 is 1.37. The van der Waals surface area contributed by atoms with Crippen molar-refractivity contribution < 1.29 is 9.90 Å². The second-order valence-electron chi connectivity index (χ2n) is 2.92. The number of aliphatic carboxylic acids is 1. The van der Waals surface area contributed by atoms with Gasteiger partial charge in [-0.2, -0.15) is 5.10 Å². The van der Waals surface area contributed by atoms with Gasteiger partial charge in [-0.25, -0.2) is 9.50 Å². The lowest BCUT2D eigenvalue weighted by molar-refractivity contribution is -0.138. The van der Waals surface area contributed by atoms with Gasteiger partial charge in [-0.05, 0) is 12.1 Å². The number of carboxylic acid groups (broad SMARTS) is 1. The van der Waals surface area contributed by atoms with Crippen LogP contribution in [-0.2, 0) is 4.79 Å². The minimum Gasteiger partial charge on any atom is -0.480 e. The van der Waals surface area contributed by atoms with Gasteiger partial charge in [0.2, 0.25) is 0 Å². The van der Waals surface area contributed by atoms with Crippen LogP contribution in [0, 0.1) is 0 Å². The Morgan fingerprint density at radius 1 is 1.60 bits per heavy atom. The first-order chi connectivity index (χ1) is 7.11. The molecule has 0 aliphatic rings. The van der Waals surface area contributed by atoms with E-state index in [1.54, 1.807) is 12.1 Å². The van der Waals surface area contributed by atoms with Gasteiger partial charge in [0.15, 0.2) is 5.15 Å². The zero-order valence-corrected chi connectivity index (χ0v) is 8.22. The Morgan fingerprint density at radius 3 is 3.00 bits per heavy atom. The predicted molar refractivity (Wildman–Crippen MR) is 52.6 cm³/mol. The van der Waals surface area contributed by atoms with Gasteiger partial charge < -0.3 is 10.8 Å². The van der Waals surface area contributed by atoms with E-state index in [0.717, 1.165) is 0 Å². The minimum absolute atomic E-state index is 0.258. The van der Waals surface area contributed by atoms with Gasteiger partial charge in [0.05, 0.1) is 5.69 Å².